The second-order valence-corrected chi connectivity index (χ2v) is 8.85. The summed E-state index contributed by atoms with van der Waals surface area (Å²) in [6.07, 6.45) is 1.98. The molecular weight excluding hydrogens is 394 g/mol. The van der Waals surface area contributed by atoms with Crippen LogP contribution in [0.5, 0.6) is 0 Å². The maximum Gasteiger partial charge on any atom is 0.264 e. The van der Waals surface area contributed by atoms with Crippen LogP contribution in [0, 0.1) is 5.92 Å². The fraction of sp³-hybridized carbons (Fsp3) is 0.333. The first-order valence-corrected chi connectivity index (χ1v) is 11.1. The van der Waals surface area contributed by atoms with Crippen LogP contribution in [0.2, 0.25) is 0 Å². The van der Waals surface area contributed by atoms with Crippen molar-refractivity contribution in [3.63, 3.8) is 0 Å². The van der Waals surface area contributed by atoms with Crippen LogP contribution in [0.3, 0.4) is 0 Å². The van der Waals surface area contributed by atoms with Crippen molar-refractivity contribution in [3.05, 3.63) is 82.3 Å². The van der Waals surface area contributed by atoms with Crippen molar-refractivity contribution in [1.29, 1.82) is 0 Å². The molecule has 5 nitrogen and oxygen atoms in total. The second kappa shape index (κ2) is 10.3. The molecule has 1 aromatic carbocycles. The van der Waals surface area contributed by atoms with E-state index < -0.39 is 0 Å². The van der Waals surface area contributed by atoms with Crippen LogP contribution in [-0.2, 0) is 24.9 Å². The maximum absolute atomic E-state index is 13.4. The predicted molar refractivity (Wildman–Crippen MR) is 121 cm³/mol. The van der Waals surface area contributed by atoms with Gasteiger partial charge in [-0.3, -0.25) is 9.59 Å². The molecule has 2 heterocycles. The molecule has 0 spiro atoms. The molecular formula is C24H29N3O2S. The third-order valence-electron chi connectivity index (χ3n) is 4.90. The summed E-state index contributed by atoms with van der Waals surface area (Å²) in [5.74, 6) is 0.147. The average Bonchev–Trinajstić information content (AvgIpc) is 3.39. The van der Waals surface area contributed by atoms with Gasteiger partial charge in [-0.1, -0.05) is 50.2 Å². The summed E-state index contributed by atoms with van der Waals surface area (Å²) in [4.78, 5) is 30.6. The lowest BCUT2D eigenvalue weighted by Crippen LogP contribution is -2.43. The van der Waals surface area contributed by atoms with Crippen LogP contribution < -0.4 is 0 Å². The van der Waals surface area contributed by atoms with Gasteiger partial charge in [0.1, 0.15) is 6.54 Å². The average molecular weight is 424 g/mol. The number of hydrogen-bond acceptors (Lipinski definition) is 3. The summed E-state index contributed by atoms with van der Waals surface area (Å²) < 4.78 is 2.02. The quantitative estimate of drug-likeness (QED) is 0.512. The Morgan fingerprint density at radius 1 is 0.967 bits per heavy atom. The van der Waals surface area contributed by atoms with Crippen LogP contribution in [0.4, 0.5) is 0 Å². The molecule has 0 aliphatic heterocycles. The second-order valence-electron chi connectivity index (χ2n) is 7.90. The Balaban J connectivity index is 1.80. The van der Waals surface area contributed by atoms with E-state index in [2.05, 4.69) is 13.8 Å². The summed E-state index contributed by atoms with van der Waals surface area (Å²) in [5.41, 5.74) is 2.12. The van der Waals surface area contributed by atoms with Crippen LogP contribution in [-0.4, -0.2) is 39.3 Å². The van der Waals surface area contributed by atoms with Gasteiger partial charge in [0.05, 0.1) is 11.4 Å². The summed E-state index contributed by atoms with van der Waals surface area (Å²) >= 11 is 1.41. The van der Waals surface area contributed by atoms with Crippen LogP contribution >= 0.6 is 11.3 Å². The largest absolute Gasteiger partial charge is 0.353 e. The number of rotatable bonds is 9. The van der Waals surface area contributed by atoms with Crippen LogP contribution in [0.25, 0.3) is 0 Å². The van der Waals surface area contributed by atoms with E-state index in [9.17, 15) is 9.59 Å². The number of aryl methyl sites for hydroxylation is 1. The minimum Gasteiger partial charge on any atom is -0.353 e. The van der Waals surface area contributed by atoms with Crippen molar-refractivity contribution >= 4 is 23.2 Å². The van der Waals surface area contributed by atoms with Gasteiger partial charge in [-0.15, -0.1) is 11.3 Å². The van der Waals surface area contributed by atoms with Gasteiger partial charge >= 0.3 is 0 Å². The van der Waals surface area contributed by atoms with E-state index in [-0.39, 0.29) is 24.3 Å². The molecule has 0 fully saturated rings. The first-order chi connectivity index (χ1) is 14.4. The molecule has 6 heteroatoms. The first kappa shape index (κ1) is 21.8. The lowest BCUT2D eigenvalue weighted by Gasteiger charge is -2.29. The maximum atomic E-state index is 13.4. The van der Waals surface area contributed by atoms with Gasteiger partial charge < -0.3 is 14.4 Å². The van der Waals surface area contributed by atoms with Crippen molar-refractivity contribution < 1.29 is 9.59 Å². The first-order valence-electron chi connectivity index (χ1n) is 10.2. The SMILES string of the molecule is CC(C)CN(CC(=O)N(Cc1ccccc1)Cc1cccn1C)C(=O)c1cccs1. The van der Waals surface area contributed by atoms with E-state index in [0.717, 1.165) is 11.3 Å². The minimum absolute atomic E-state index is 0.0504. The van der Waals surface area contributed by atoms with Gasteiger partial charge in [0.15, 0.2) is 0 Å². The number of carbonyl (C=O) groups is 2. The monoisotopic (exact) mass is 423 g/mol. The predicted octanol–water partition coefficient (Wildman–Crippen LogP) is 4.41. The normalized spacial score (nSPS) is 10.9. The minimum atomic E-state index is -0.0782. The Kier molecular flexibility index (Phi) is 7.46. The molecule has 0 aliphatic carbocycles. The van der Waals surface area contributed by atoms with Crippen molar-refractivity contribution in [3.8, 4) is 0 Å². The Hall–Kier alpha value is -2.86. The van der Waals surface area contributed by atoms with E-state index in [4.69, 9.17) is 0 Å². The molecule has 3 aromatic rings. The van der Waals surface area contributed by atoms with Crippen molar-refractivity contribution in [2.24, 2.45) is 13.0 Å². The van der Waals surface area contributed by atoms with Gasteiger partial charge in [0.2, 0.25) is 5.91 Å². The lowest BCUT2D eigenvalue weighted by atomic mass is 10.2. The van der Waals surface area contributed by atoms with E-state index >= 15 is 0 Å². The highest BCUT2D eigenvalue weighted by atomic mass is 32.1. The molecule has 0 radical (unpaired) electrons. The standard InChI is InChI=1S/C24H29N3O2S/c1-19(2)15-27(24(29)22-12-8-14-30-22)18-23(28)26(16-20-9-5-4-6-10-20)17-21-11-7-13-25(21)3/h4-14,19H,15-18H2,1-3H3. The van der Waals surface area contributed by atoms with E-state index in [1.54, 1.807) is 4.90 Å². The fourth-order valence-electron chi connectivity index (χ4n) is 3.37. The Bertz CT molecular complexity index is 948. The number of nitrogens with zero attached hydrogens (tertiary/aromatic N) is 3. The Morgan fingerprint density at radius 3 is 2.33 bits per heavy atom. The van der Waals surface area contributed by atoms with E-state index in [1.165, 1.54) is 11.3 Å². The molecule has 0 unspecified atom stereocenters. The van der Waals surface area contributed by atoms with Crippen molar-refractivity contribution in [1.82, 2.24) is 14.4 Å². The van der Waals surface area contributed by atoms with Gasteiger partial charge in [0, 0.05) is 32.0 Å². The van der Waals surface area contributed by atoms with Gasteiger partial charge in [0.25, 0.3) is 5.91 Å². The van der Waals surface area contributed by atoms with Gasteiger partial charge in [-0.25, -0.2) is 0 Å². The molecule has 0 aliphatic rings. The summed E-state index contributed by atoms with van der Waals surface area (Å²) in [5, 5.41) is 1.89. The number of benzene rings is 1. The fourth-order valence-corrected chi connectivity index (χ4v) is 4.06. The van der Waals surface area contributed by atoms with Crippen LogP contribution in [0.1, 0.15) is 34.8 Å². The molecule has 3 rings (SSSR count). The number of thiophene rings is 1. The summed E-state index contributed by atoms with van der Waals surface area (Å²) in [6, 6.07) is 17.7. The molecule has 0 N–H and O–H groups in total. The topological polar surface area (TPSA) is 45.6 Å². The van der Waals surface area contributed by atoms with Crippen molar-refractivity contribution in [2.75, 3.05) is 13.1 Å². The molecule has 30 heavy (non-hydrogen) atoms. The van der Waals surface area contributed by atoms with Crippen molar-refractivity contribution in [2.45, 2.75) is 26.9 Å². The number of hydrogen-bond donors (Lipinski definition) is 0. The van der Waals surface area contributed by atoms with Crippen LogP contribution in [0.15, 0.2) is 66.2 Å². The summed E-state index contributed by atoms with van der Waals surface area (Å²) in [6.45, 7) is 5.75. The Morgan fingerprint density at radius 2 is 1.73 bits per heavy atom. The molecule has 2 aromatic heterocycles. The molecule has 0 saturated carbocycles. The molecule has 0 saturated heterocycles. The smallest absolute Gasteiger partial charge is 0.264 e. The summed E-state index contributed by atoms with van der Waals surface area (Å²) in [7, 11) is 1.98. The lowest BCUT2D eigenvalue weighted by molar-refractivity contribution is -0.133. The molecule has 2 amide bonds. The molecule has 0 bridgehead atoms. The third-order valence-corrected chi connectivity index (χ3v) is 5.76. The van der Waals surface area contributed by atoms with Gasteiger partial charge in [-0.2, -0.15) is 0 Å². The Labute approximate surface area is 182 Å². The zero-order valence-electron chi connectivity index (χ0n) is 17.8. The number of amides is 2. The number of carbonyl (C=O) groups excluding carboxylic acids is 2. The molecule has 0 atom stereocenters. The van der Waals surface area contributed by atoms with Gasteiger partial charge in [-0.05, 0) is 35.1 Å². The third kappa shape index (κ3) is 5.83. The van der Waals surface area contributed by atoms with E-state index in [0.29, 0.717) is 24.5 Å². The van der Waals surface area contributed by atoms with E-state index in [1.807, 2.05) is 82.7 Å². The highest BCUT2D eigenvalue weighted by Gasteiger charge is 2.24. The molecule has 158 valence electrons. The highest BCUT2D eigenvalue weighted by Crippen LogP contribution is 2.16. The number of aromatic nitrogens is 1. The zero-order valence-corrected chi connectivity index (χ0v) is 18.6. The highest BCUT2D eigenvalue weighted by molar-refractivity contribution is 7.12. The zero-order chi connectivity index (χ0) is 21.5.